The number of nitrogens with one attached hydrogen (secondary N) is 2. The van der Waals surface area contributed by atoms with E-state index in [1.807, 2.05) is 25.2 Å². The van der Waals surface area contributed by atoms with Crippen LogP contribution >= 0.6 is 0 Å². The second kappa shape index (κ2) is 7.12. The summed E-state index contributed by atoms with van der Waals surface area (Å²) >= 11 is 0. The summed E-state index contributed by atoms with van der Waals surface area (Å²) in [6, 6.07) is 7.21. The summed E-state index contributed by atoms with van der Waals surface area (Å²) in [6.45, 7) is 2.51. The molecule has 2 N–H and O–H groups in total. The molecule has 6 heteroatoms. The van der Waals surface area contributed by atoms with Crippen molar-refractivity contribution in [3.8, 4) is 5.75 Å². The predicted octanol–water partition coefficient (Wildman–Crippen LogP) is 1.15. The fourth-order valence-electron chi connectivity index (χ4n) is 2.16. The highest BCUT2D eigenvalue weighted by Crippen LogP contribution is 2.17. The molecule has 1 aliphatic heterocycles. The predicted molar refractivity (Wildman–Crippen MR) is 77.3 cm³/mol. The van der Waals surface area contributed by atoms with Gasteiger partial charge >= 0.3 is 6.03 Å². The van der Waals surface area contributed by atoms with Crippen LogP contribution in [0.25, 0.3) is 0 Å². The number of hydrogen-bond acceptors (Lipinski definition) is 4. The highest BCUT2D eigenvalue weighted by molar-refractivity contribution is 5.89. The van der Waals surface area contributed by atoms with E-state index in [4.69, 9.17) is 9.47 Å². The SMILES string of the molecule is CNCC1CN(C(=O)Nc2cccc(OC)c2)CCO1. The maximum Gasteiger partial charge on any atom is 0.322 e. The minimum Gasteiger partial charge on any atom is -0.497 e. The van der Waals surface area contributed by atoms with E-state index in [1.165, 1.54) is 0 Å². The number of methoxy groups -OCH3 is 1. The third-order valence-corrected chi connectivity index (χ3v) is 3.18. The van der Waals surface area contributed by atoms with Gasteiger partial charge in [0.25, 0.3) is 0 Å². The number of benzene rings is 1. The molecule has 6 nitrogen and oxygen atoms in total. The Balaban J connectivity index is 1.93. The van der Waals surface area contributed by atoms with Gasteiger partial charge in [-0.05, 0) is 19.2 Å². The molecule has 110 valence electrons. The Hall–Kier alpha value is -1.79. The van der Waals surface area contributed by atoms with Crippen molar-refractivity contribution in [2.24, 2.45) is 0 Å². The number of morpholine rings is 1. The van der Waals surface area contributed by atoms with E-state index >= 15 is 0 Å². The summed E-state index contributed by atoms with van der Waals surface area (Å²) in [7, 11) is 3.48. The fourth-order valence-corrected chi connectivity index (χ4v) is 2.16. The number of nitrogens with zero attached hydrogens (tertiary/aromatic N) is 1. The Morgan fingerprint density at radius 1 is 1.55 bits per heavy atom. The molecule has 1 heterocycles. The van der Waals surface area contributed by atoms with Crippen LogP contribution in [0.1, 0.15) is 0 Å². The highest BCUT2D eigenvalue weighted by Gasteiger charge is 2.23. The Morgan fingerprint density at radius 3 is 3.15 bits per heavy atom. The third kappa shape index (κ3) is 3.85. The maximum absolute atomic E-state index is 12.2. The van der Waals surface area contributed by atoms with E-state index in [2.05, 4.69) is 10.6 Å². The molecule has 0 radical (unpaired) electrons. The standard InChI is InChI=1S/C14H21N3O3/c1-15-9-13-10-17(6-7-20-13)14(18)16-11-4-3-5-12(8-11)19-2/h3-5,8,13,15H,6-7,9-10H2,1-2H3,(H,16,18). The first-order valence-corrected chi connectivity index (χ1v) is 6.69. The van der Waals surface area contributed by atoms with E-state index in [9.17, 15) is 4.79 Å². The minimum atomic E-state index is -0.109. The van der Waals surface area contributed by atoms with Crippen LogP contribution in [0.3, 0.4) is 0 Å². The topological polar surface area (TPSA) is 62.8 Å². The number of hydrogen-bond donors (Lipinski definition) is 2. The zero-order valence-corrected chi connectivity index (χ0v) is 11.9. The van der Waals surface area contributed by atoms with Crippen molar-refractivity contribution in [1.29, 1.82) is 0 Å². The molecule has 0 saturated carbocycles. The van der Waals surface area contributed by atoms with Gasteiger partial charge in [-0.15, -0.1) is 0 Å². The van der Waals surface area contributed by atoms with Crippen LogP contribution in [0.4, 0.5) is 10.5 Å². The normalized spacial score (nSPS) is 18.7. The van der Waals surface area contributed by atoms with Gasteiger partial charge in [0, 0.05) is 31.4 Å². The lowest BCUT2D eigenvalue weighted by Crippen LogP contribution is -2.49. The molecule has 0 spiro atoms. The minimum absolute atomic E-state index is 0.0461. The fraction of sp³-hybridized carbons (Fsp3) is 0.500. The summed E-state index contributed by atoms with van der Waals surface area (Å²) in [6.07, 6.45) is 0.0461. The first kappa shape index (κ1) is 14.6. The molecule has 2 amide bonds. The van der Waals surface area contributed by atoms with Crippen molar-refractivity contribution in [3.05, 3.63) is 24.3 Å². The van der Waals surface area contributed by atoms with Gasteiger partial charge in [-0.25, -0.2) is 4.79 Å². The molecule has 1 fully saturated rings. The second-order valence-corrected chi connectivity index (χ2v) is 4.66. The third-order valence-electron chi connectivity index (χ3n) is 3.18. The van der Waals surface area contributed by atoms with Crippen molar-refractivity contribution in [2.75, 3.05) is 45.7 Å². The van der Waals surface area contributed by atoms with Gasteiger partial charge in [-0.2, -0.15) is 0 Å². The first-order chi connectivity index (χ1) is 9.72. The van der Waals surface area contributed by atoms with Crippen LogP contribution in [-0.2, 0) is 4.74 Å². The number of ether oxygens (including phenoxy) is 2. The lowest BCUT2D eigenvalue weighted by Gasteiger charge is -2.32. The molecule has 0 aromatic heterocycles. The number of carbonyl (C=O) groups is 1. The average molecular weight is 279 g/mol. The molecular weight excluding hydrogens is 258 g/mol. The molecule has 2 rings (SSSR count). The van der Waals surface area contributed by atoms with Crippen LogP contribution in [0.2, 0.25) is 0 Å². The Kier molecular flexibility index (Phi) is 5.20. The summed E-state index contributed by atoms with van der Waals surface area (Å²) in [5, 5.41) is 5.94. The average Bonchev–Trinajstić information content (AvgIpc) is 2.48. The van der Waals surface area contributed by atoms with E-state index in [1.54, 1.807) is 18.1 Å². The van der Waals surface area contributed by atoms with Crippen LogP contribution in [0.5, 0.6) is 5.75 Å². The molecule has 0 aliphatic carbocycles. The van der Waals surface area contributed by atoms with Crippen molar-refractivity contribution in [1.82, 2.24) is 10.2 Å². The van der Waals surface area contributed by atoms with Gasteiger partial charge in [0.15, 0.2) is 0 Å². The van der Waals surface area contributed by atoms with Gasteiger partial charge in [-0.1, -0.05) is 6.07 Å². The van der Waals surface area contributed by atoms with Crippen LogP contribution in [0.15, 0.2) is 24.3 Å². The van der Waals surface area contributed by atoms with Crippen LogP contribution in [0, 0.1) is 0 Å². The summed E-state index contributed by atoms with van der Waals surface area (Å²) in [4.78, 5) is 14.0. The summed E-state index contributed by atoms with van der Waals surface area (Å²) < 4.78 is 10.7. The highest BCUT2D eigenvalue weighted by atomic mass is 16.5. The molecule has 20 heavy (non-hydrogen) atoms. The summed E-state index contributed by atoms with van der Waals surface area (Å²) in [5.74, 6) is 0.720. The van der Waals surface area contributed by atoms with Gasteiger partial charge in [0.2, 0.25) is 0 Å². The quantitative estimate of drug-likeness (QED) is 0.868. The van der Waals surface area contributed by atoms with Crippen molar-refractivity contribution >= 4 is 11.7 Å². The molecule has 1 aliphatic rings. The monoisotopic (exact) mass is 279 g/mol. The number of amides is 2. The number of carbonyl (C=O) groups excluding carboxylic acids is 1. The molecular formula is C14H21N3O3. The van der Waals surface area contributed by atoms with E-state index in [0.717, 1.165) is 18.0 Å². The van der Waals surface area contributed by atoms with E-state index < -0.39 is 0 Å². The molecule has 0 bridgehead atoms. The van der Waals surface area contributed by atoms with Gasteiger partial charge in [0.05, 0.1) is 19.8 Å². The molecule has 1 aromatic rings. The molecule has 1 atom stereocenters. The zero-order chi connectivity index (χ0) is 14.4. The zero-order valence-electron chi connectivity index (χ0n) is 11.9. The van der Waals surface area contributed by atoms with Gasteiger partial charge in [-0.3, -0.25) is 0 Å². The number of rotatable bonds is 4. The first-order valence-electron chi connectivity index (χ1n) is 6.69. The maximum atomic E-state index is 12.2. The summed E-state index contributed by atoms with van der Waals surface area (Å²) in [5.41, 5.74) is 0.728. The van der Waals surface area contributed by atoms with Crippen molar-refractivity contribution in [2.45, 2.75) is 6.10 Å². The van der Waals surface area contributed by atoms with E-state index in [-0.39, 0.29) is 12.1 Å². The van der Waals surface area contributed by atoms with Crippen LogP contribution < -0.4 is 15.4 Å². The second-order valence-electron chi connectivity index (χ2n) is 4.66. The van der Waals surface area contributed by atoms with Crippen molar-refractivity contribution in [3.63, 3.8) is 0 Å². The Morgan fingerprint density at radius 2 is 2.40 bits per heavy atom. The van der Waals surface area contributed by atoms with Gasteiger partial charge in [0.1, 0.15) is 5.75 Å². The molecule has 1 aromatic carbocycles. The Labute approximate surface area is 119 Å². The Bertz CT molecular complexity index is 451. The molecule has 1 unspecified atom stereocenters. The number of likely N-dealkylation sites (N-methyl/N-ethyl adjacent to an activating group) is 1. The molecule has 1 saturated heterocycles. The van der Waals surface area contributed by atoms with Gasteiger partial charge < -0.3 is 25.0 Å². The number of anilines is 1. The van der Waals surface area contributed by atoms with Crippen LogP contribution in [-0.4, -0.2) is 57.4 Å². The lowest BCUT2D eigenvalue weighted by atomic mass is 10.2. The van der Waals surface area contributed by atoms with E-state index in [0.29, 0.717) is 19.7 Å². The van der Waals surface area contributed by atoms with Crippen molar-refractivity contribution < 1.29 is 14.3 Å². The number of urea groups is 1. The lowest BCUT2D eigenvalue weighted by molar-refractivity contribution is -0.00999. The smallest absolute Gasteiger partial charge is 0.322 e. The largest absolute Gasteiger partial charge is 0.497 e.